The number of nitrogens with zero attached hydrogens (tertiary/aromatic N) is 1. The molecule has 1 amide bonds. The molecule has 5 nitrogen and oxygen atoms in total. The zero-order chi connectivity index (χ0) is 18.0. The number of thiocarbonyl (C=S) groups is 1. The molecule has 0 N–H and O–H groups in total. The maximum atomic E-state index is 12.8. The maximum absolute atomic E-state index is 12.8. The fourth-order valence-corrected chi connectivity index (χ4v) is 5.95. The zero-order valence-electron chi connectivity index (χ0n) is 13.8. The van der Waals surface area contributed by atoms with Gasteiger partial charge in [-0.1, -0.05) is 49.1 Å². The molecule has 2 heterocycles. The molecule has 2 aliphatic heterocycles. The Morgan fingerprint density at radius 2 is 2.16 bits per heavy atom. The molecule has 2 aliphatic rings. The van der Waals surface area contributed by atoms with Crippen LogP contribution in [0.4, 0.5) is 0 Å². The van der Waals surface area contributed by atoms with Crippen molar-refractivity contribution in [1.82, 2.24) is 4.90 Å². The standard InChI is InChI=1S/C17H19NO4S3/c1-2-8-22-14-6-4-3-5-12(14)10-15-16(19)18(17(23)24-15)13-7-9-25(20,21)11-13/h3-6,10,13H,2,7-9,11H2,1H3/b15-10-. The molecular weight excluding hydrogens is 378 g/mol. The highest BCUT2D eigenvalue weighted by Gasteiger charge is 2.42. The van der Waals surface area contributed by atoms with Crippen LogP contribution in [-0.4, -0.2) is 47.7 Å². The first-order valence-electron chi connectivity index (χ1n) is 8.10. The Hall–Kier alpha value is -1.38. The largest absolute Gasteiger partial charge is 0.493 e. The van der Waals surface area contributed by atoms with Crippen LogP contribution in [0.5, 0.6) is 5.75 Å². The topological polar surface area (TPSA) is 63.7 Å². The highest BCUT2D eigenvalue weighted by atomic mass is 32.2. The Labute approximate surface area is 157 Å². The molecule has 1 aromatic carbocycles. The van der Waals surface area contributed by atoms with Crippen LogP contribution in [0.15, 0.2) is 29.2 Å². The average molecular weight is 398 g/mol. The van der Waals surface area contributed by atoms with E-state index >= 15 is 0 Å². The number of thioether (sulfide) groups is 1. The first kappa shape index (κ1) is 18.4. The van der Waals surface area contributed by atoms with E-state index in [-0.39, 0.29) is 23.5 Å². The zero-order valence-corrected chi connectivity index (χ0v) is 16.3. The summed E-state index contributed by atoms with van der Waals surface area (Å²) < 4.78 is 29.6. The number of hydrogen-bond donors (Lipinski definition) is 0. The van der Waals surface area contributed by atoms with Gasteiger partial charge in [0.1, 0.15) is 10.1 Å². The van der Waals surface area contributed by atoms with E-state index in [1.54, 1.807) is 6.08 Å². The molecule has 0 aliphatic carbocycles. The summed E-state index contributed by atoms with van der Waals surface area (Å²) in [6.07, 6.45) is 3.11. The summed E-state index contributed by atoms with van der Waals surface area (Å²) in [5.41, 5.74) is 0.815. The van der Waals surface area contributed by atoms with Gasteiger partial charge in [-0.2, -0.15) is 0 Å². The van der Waals surface area contributed by atoms with Crippen LogP contribution in [-0.2, 0) is 14.6 Å². The second kappa shape index (κ2) is 7.47. The van der Waals surface area contributed by atoms with Crippen molar-refractivity contribution in [3.8, 4) is 5.75 Å². The summed E-state index contributed by atoms with van der Waals surface area (Å²) in [5, 5.41) is 0. The van der Waals surface area contributed by atoms with Crippen LogP contribution in [0.25, 0.3) is 6.08 Å². The summed E-state index contributed by atoms with van der Waals surface area (Å²) in [6.45, 7) is 2.63. The number of para-hydroxylation sites is 1. The molecule has 2 saturated heterocycles. The van der Waals surface area contributed by atoms with E-state index in [4.69, 9.17) is 17.0 Å². The molecule has 25 heavy (non-hydrogen) atoms. The average Bonchev–Trinajstić information content (AvgIpc) is 3.05. The van der Waals surface area contributed by atoms with Crippen LogP contribution in [0, 0.1) is 0 Å². The van der Waals surface area contributed by atoms with E-state index in [0.29, 0.717) is 22.3 Å². The highest BCUT2D eigenvalue weighted by molar-refractivity contribution is 8.26. The normalized spacial score (nSPS) is 24.3. The fraction of sp³-hybridized carbons (Fsp3) is 0.412. The van der Waals surface area contributed by atoms with Gasteiger partial charge < -0.3 is 4.74 Å². The lowest BCUT2D eigenvalue weighted by molar-refractivity contribution is -0.123. The third kappa shape index (κ3) is 4.07. The van der Waals surface area contributed by atoms with Gasteiger partial charge in [0.15, 0.2) is 9.84 Å². The monoisotopic (exact) mass is 397 g/mol. The SMILES string of the molecule is CCCOc1ccccc1/C=C1\SC(=S)N(C2CCS(=O)(=O)C2)C1=O. The van der Waals surface area contributed by atoms with E-state index in [9.17, 15) is 13.2 Å². The minimum Gasteiger partial charge on any atom is -0.493 e. The lowest BCUT2D eigenvalue weighted by Crippen LogP contribution is -2.39. The van der Waals surface area contributed by atoms with Crippen LogP contribution in [0.1, 0.15) is 25.3 Å². The predicted molar refractivity (Wildman–Crippen MR) is 104 cm³/mol. The van der Waals surface area contributed by atoms with Crippen LogP contribution >= 0.6 is 24.0 Å². The van der Waals surface area contributed by atoms with Gasteiger partial charge in [0.25, 0.3) is 5.91 Å². The van der Waals surface area contributed by atoms with E-state index in [2.05, 4.69) is 0 Å². The fourth-order valence-electron chi connectivity index (χ4n) is 2.86. The van der Waals surface area contributed by atoms with E-state index in [1.807, 2.05) is 31.2 Å². The van der Waals surface area contributed by atoms with Gasteiger partial charge in [-0.3, -0.25) is 9.69 Å². The molecule has 134 valence electrons. The van der Waals surface area contributed by atoms with Gasteiger partial charge >= 0.3 is 0 Å². The molecule has 2 fully saturated rings. The molecule has 0 bridgehead atoms. The first-order valence-corrected chi connectivity index (χ1v) is 11.1. The number of amides is 1. The van der Waals surface area contributed by atoms with Crippen molar-refractivity contribution in [3.63, 3.8) is 0 Å². The minimum absolute atomic E-state index is 0.0110. The van der Waals surface area contributed by atoms with E-state index < -0.39 is 9.84 Å². The Balaban J connectivity index is 1.84. The van der Waals surface area contributed by atoms with Gasteiger partial charge in [0.05, 0.1) is 29.1 Å². The van der Waals surface area contributed by atoms with Crippen molar-refractivity contribution in [1.29, 1.82) is 0 Å². The number of carbonyl (C=O) groups excluding carboxylic acids is 1. The van der Waals surface area contributed by atoms with Crippen molar-refractivity contribution in [2.24, 2.45) is 0 Å². The van der Waals surface area contributed by atoms with Crippen LogP contribution in [0.3, 0.4) is 0 Å². The lowest BCUT2D eigenvalue weighted by atomic mass is 10.1. The Morgan fingerprint density at radius 1 is 1.40 bits per heavy atom. The summed E-state index contributed by atoms with van der Waals surface area (Å²) >= 11 is 6.54. The van der Waals surface area contributed by atoms with Crippen molar-refractivity contribution in [2.45, 2.75) is 25.8 Å². The molecule has 0 aromatic heterocycles. The van der Waals surface area contributed by atoms with Gasteiger partial charge in [0, 0.05) is 5.56 Å². The van der Waals surface area contributed by atoms with Gasteiger partial charge in [-0.25, -0.2) is 8.42 Å². The molecule has 3 rings (SSSR count). The molecule has 1 aromatic rings. The number of carbonyl (C=O) groups is 1. The second-order valence-corrected chi connectivity index (χ2v) is 9.90. The highest BCUT2D eigenvalue weighted by Crippen LogP contribution is 2.37. The molecule has 0 spiro atoms. The molecule has 1 atom stereocenters. The first-order chi connectivity index (χ1) is 11.9. The number of sulfone groups is 1. The smallest absolute Gasteiger partial charge is 0.266 e. The molecular formula is C17H19NO4S3. The van der Waals surface area contributed by atoms with Crippen molar-refractivity contribution in [3.05, 3.63) is 34.7 Å². The van der Waals surface area contributed by atoms with Crippen molar-refractivity contribution < 1.29 is 17.9 Å². The third-order valence-corrected chi connectivity index (χ3v) is 7.15. The van der Waals surface area contributed by atoms with E-state index in [0.717, 1.165) is 17.7 Å². The molecule has 1 unspecified atom stereocenters. The predicted octanol–water partition coefficient (Wildman–Crippen LogP) is 2.86. The van der Waals surface area contributed by atoms with Gasteiger partial charge in [-0.05, 0) is 25.0 Å². The number of benzene rings is 1. The molecule has 0 radical (unpaired) electrons. The maximum Gasteiger partial charge on any atom is 0.266 e. The van der Waals surface area contributed by atoms with Crippen molar-refractivity contribution in [2.75, 3.05) is 18.1 Å². The number of hydrogen-bond acceptors (Lipinski definition) is 6. The van der Waals surface area contributed by atoms with Crippen LogP contribution < -0.4 is 4.74 Å². The number of ether oxygens (including phenoxy) is 1. The molecule has 8 heteroatoms. The van der Waals surface area contributed by atoms with Crippen LogP contribution in [0.2, 0.25) is 0 Å². The third-order valence-electron chi connectivity index (χ3n) is 4.06. The minimum atomic E-state index is -3.08. The summed E-state index contributed by atoms with van der Waals surface area (Å²) in [5.74, 6) is 0.602. The Morgan fingerprint density at radius 3 is 2.84 bits per heavy atom. The van der Waals surface area contributed by atoms with Gasteiger partial charge in [-0.15, -0.1) is 0 Å². The van der Waals surface area contributed by atoms with E-state index in [1.165, 1.54) is 16.7 Å². The molecule has 0 saturated carbocycles. The number of rotatable bonds is 5. The quantitative estimate of drug-likeness (QED) is 0.562. The van der Waals surface area contributed by atoms with Crippen molar-refractivity contribution >= 4 is 50.1 Å². The summed E-state index contributed by atoms with van der Waals surface area (Å²) in [7, 11) is -3.08. The van der Waals surface area contributed by atoms with Gasteiger partial charge in [0.2, 0.25) is 0 Å². The second-order valence-electron chi connectivity index (χ2n) is 5.99. The summed E-state index contributed by atoms with van der Waals surface area (Å²) in [4.78, 5) is 14.7. The Bertz CT molecular complexity index is 832. The summed E-state index contributed by atoms with van der Waals surface area (Å²) in [6, 6.07) is 7.17. The Kier molecular flexibility index (Phi) is 5.50. The lowest BCUT2D eigenvalue weighted by Gasteiger charge is -2.20.